The first kappa shape index (κ1) is 18.5. The van der Waals surface area contributed by atoms with Gasteiger partial charge in [0.2, 0.25) is 0 Å². The molecular formula is C18H27NO2Si. The smallest absolute Gasteiger partial charge is 0.193 e. The molecule has 0 amide bonds. The Hall–Kier alpha value is -1.57. The summed E-state index contributed by atoms with van der Waals surface area (Å²) in [6.07, 6.45) is 1.54. The molecule has 0 saturated heterocycles. The minimum Gasteiger partial charge on any atom is -0.497 e. The van der Waals surface area contributed by atoms with Crippen LogP contribution in [0.15, 0.2) is 29.3 Å². The number of aliphatic imine (C=N–C) groups is 1. The van der Waals surface area contributed by atoms with Gasteiger partial charge in [0, 0.05) is 0 Å². The summed E-state index contributed by atoms with van der Waals surface area (Å²) < 4.78 is 11.3. The van der Waals surface area contributed by atoms with Crippen molar-refractivity contribution in [1.82, 2.24) is 0 Å². The van der Waals surface area contributed by atoms with Crippen LogP contribution in [-0.4, -0.2) is 27.7 Å². The maximum absolute atomic E-state index is 6.17. The Morgan fingerprint density at radius 3 is 2.27 bits per heavy atom. The summed E-state index contributed by atoms with van der Waals surface area (Å²) in [6, 6.07) is 7.55. The highest BCUT2D eigenvalue weighted by Gasteiger charge is 2.38. The van der Waals surface area contributed by atoms with E-state index in [2.05, 4.69) is 50.7 Å². The SMILES string of the molecule is COc1ccc(N=CC#CC(C)O[Si](C)(C)C(C)(C)C)cc1. The van der Waals surface area contributed by atoms with Crippen LogP contribution in [0.2, 0.25) is 18.1 Å². The van der Waals surface area contributed by atoms with E-state index in [9.17, 15) is 0 Å². The Labute approximate surface area is 135 Å². The van der Waals surface area contributed by atoms with Crippen molar-refractivity contribution in [2.24, 2.45) is 4.99 Å². The van der Waals surface area contributed by atoms with Crippen molar-refractivity contribution in [3.8, 4) is 17.6 Å². The first-order valence-electron chi connectivity index (χ1n) is 7.51. The summed E-state index contributed by atoms with van der Waals surface area (Å²) in [5, 5.41) is 0.195. The average Bonchev–Trinajstić information content (AvgIpc) is 2.42. The van der Waals surface area contributed by atoms with E-state index < -0.39 is 8.32 Å². The number of methoxy groups -OCH3 is 1. The molecule has 0 spiro atoms. The van der Waals surface area contributed by atoms with E-state index in [0.29, 0.717) is 0 Å². The van der Waals surface area contributed by atoms with Crippen molar-refractivity contribution in [3.63, 3.8) is 0 Å². The van der Waals surface area contributed by atoms with Crippen molar-refractivity contribution in [2.45, 2.75) is 51.9 Å². The molecule has 0 saturated carbocycles. The van der Waals surface area contributed by atoms with Gasteiger partial charge in [-0.2, -0.15) is 0 Å². The molecule has 0 aliphatic rings. The lowest BCUT2D eigenvalue weighted by Crippen LogP contribution is -2.43. The standard InChI is InChI=1S/C18H27NO2Si/c1-15(21-22(6,7)18(2,3)4)9-8-14-19-16-10-12-17(20-5)13-11-16/h10-15H,1-7H3. The lowest BCUT2D eigenvalue weighted by atomic mass is 10.2. The van der Waals surface area contributed by atoms with Crippen molar-refractivity contribution in [2.75, 3.05) is 7.11 Å². The van der Waals surface area contributed by atoms with Crippen LogP contribution in [0, 0.1) is 11.8 Å². The lowest BCUT2D eigenvalue weighted by molar-refractivity contribution is 0.251. The van der Waals surface area contributed by atoms with Crippen LogP contribution in [0.5, 0.6) is 5.75 Å². The van der Waals surface area contributed by atoms with Crippen LogP contribution in [0.4, 0.5) is 5.69 Å². The molecule has 0 fully saturated rings. The third kappa shape index (κ3) is 5.67. The third-order valence-corrected chi connectivity index (χ3v) is 8.47. The lowest BCUT2D eigenvalue weighted by Gasteiger charge is -2.37. The largest absolute Gasteiger partial charge is 0.497 e. The Morgan fingerprint density at radius 2 is 1.77 bits per heavy atom. The van der Waals surface area contributed by atoms with E-state index in [0.717, 1.165) is 11.4 Å². The van der Waals surface area contributed by atoms with Gasteiger partial charge in [-0.15, -0.1) is 0 Å². The zero-order chi connectivity index (χ0) is 16.8. The number of ether oxygens (including phenoxy) is 1. The molecule has 3 nitrogen and oxygen atoms in total. The van der Waals surface area contributed by atoms with Gasteiger partial charge in [0.25, 0.3) is 0 Å². The summed E-state index contributed by atoms with van der Waals surface area (Å²) >= 11 is 0. The number of nitrogens with zero attached hydrogens (tertiary/aromatic N) is 1. The Bertz CT molecular complexity index is 559. The topological polar surface area (TPSA) is 30.8 Å². The van der Waals surface area contributed by atoms with E-state index in [4.69, 9.17) is 9.16 Å². The van der Waals surface area contributed by atoms with E-state index in [1.807, 2.05) is 31.2 Å². The van der Waals surface area contributed by atoms with Gasteiger partial charge in [-0.05, 0) is 49.3 Å². The van der Waals surface area contributed by atoms with Crippen LogP contribution in [0.25, 0.3) is 0 Å². The molecule has 0 aliphatic carbocycles. The molecule has 1 atom stereocenters. The number of hydrogen-bond donors (Lipinski definition) is 0. The molecule has 4 heteroatoms. The van der Waals surface area contributed by atoms with Crippen LogP contribution in [-0.2, 0) is 4.43 Å². The summed E-state index contributed by atoms with van der Waals surface area (Å²) in [7, 11) is -0.117. The second-order valence-electron chi connectivity index (χ2n) is 6.77. The highest BCUT2D eigenvalue weighted by molar-refractivity contribution is 6.74. The molecule has 1 aromatic carbocycles. The zero-order valence-corrected chi connectivity index (χ0v) is 15.7. The third-order valence-electron chi connectivity index (χ3n) is 3.91. The molecule has 0 aromatic heterocycles. The normalized spacial score (nSPS) is 13.6. The molecule has 22 heavy (non-hydrogen) atoms. The molecule has 0 radical (unpaired) electrons. The van der Waals surface area contributed by atoms with Gasteiger partial charge >= 0.3 is 0 Å². The molecule has 1 aromatic rings. The summed E-state index contributed by atoms with van der Waals surface area (Å²) in [4.78, 5) is 4.30. The van der Waals surface area contributed by atoms with Crippen molar-refractivity contribution >= 4 is 20.2 Å². The molecule has 1 unspecified atom stereocenters. The zero-order valence-electron chi connectivity index (χ0n) is 14.7. The first-order chi connectivity index (χ1) is 10.2. The van der Waals surface area contributed by atoms with Crippen molar-refractivity contribution in [1.29, 1.82) is 0 Å². The van der Waals surface area contributed by atoms with Gasteiger partial charge in [-0.3, -0.25) is 0 Å². The van der Waals surface area contributed by atoms with Crippen LogP contribution in [0.3, 0.4) is 0 Å². The van der Waals surface area contributed by atoms with Gasteiger partial charge in [-0.1, -0.05) is 32.6 Å². The summed E-state index contributed by atoms with van der Waals surface area (Å²) in [5.41, 5.74) is 0.855. The second-order valence-corrected chi connectivity index (χ2v) is 11.5. The molecule has 1 rings (SSSR count). The number of rotatable bonds is 4. The van der Waals surface area contributed by atoms with Gasteiger partial charge in [-0.25, -0.2) is 4.99 Å². The summed E-state index contributed by atoms with van der Waals surface area (Å²) in [6.45, 7) is 13.1. The predicted molar refractivity (Wildman–Crippen MR) is 96.7 cm³/mol. The highest BCUT2D eigenvalue weighted by atomic mass is 28.4. The Kier molecular flexibility index (Phi) is 6.40. The van der Waals surface area contributed by atoms with Gasteiger partial charge in [0.15, 0.2) is 8.32 Å². The maximum atomic E-state index is 6.17. The van der Waals surface area contributed by atoms with E-state index in [1.165, 1.54) is 0 Å². The average molecular weight is 318 g/mol. The van der Waals surface area contributed by atoms with E-state index in [-0.39, 0.29) is 11.1 Å². The van der Waals surface area contributed by atoms with Crippen LogP contribution in [0.1, 0.15) is 27.7 Å². The van der Waals surface area contributed by atoms with E-state index in [1.54, 1.807) is 13.3 Å². The minimum atomic E-state index is -1.76. The molecule has 0 heterocycles. The van der Waals surface area contributed by atoms with Gasteiger partial charge in [0.05, 0.1) is 19.0 Å². The molecule has 0 N–H and O–H groups in total. The fourth-order valence-corrected chi connectivity index (χ4v) is 2.87. The van der Waals surface area contributed by atoms with Crippen molar-refractivity contribution in [3.05, 3.63) is 24.3 Å². The second kappa shape index (κ2) is 7.62. The van der Waals surface area contributed by atoms with Crippen LogP contribution >= 0.6 is 0 Å². The van der Waals surface area contributed by atoms with Crippen molar-refractivity contribution < 1.29 is 9.16 Å². The number of benzene rings is 1. The monoisotopic (exact) mass is 317 g/mol. The Balaban J connectivity index is 2.60. The van der Waals surface area contributed by atoms with Gasteiger partial charge < -0.3 is 9.16 Å². The molecule has 0 aliphatic heterocycles. The Morgan fingerprint density at radius 1 is 1.18 bits per heavy atom. The van der Waals surface area contributed by atoms with Gasteiger partial charge in [0.1, 0.15) is 11.9 Å². The maximum Gasteiger partial charge on any atom is 0.193 e. The molecule has 120 valence electrons. The fraction of sp³-hybridized carbons (Fsp3) is 0.500. The number of hydrogen-bond acceptors (Lipinski definition) is 3. The van der Waals surface area contributed by atoms with Crippen LogP contribution < -0.4 is 4.74 Å². The fourth-order valence-electron chi connectivity index (χ4n) is 1.58. The minimum absolute atomic E-state index is 0.0804. The molecule has 0 bridgehead atoms. The quantitative estimate of drug-likeness (QED) is 0.453. The highest BCUT2D eigenvalue weighted by Crippen LogP contribution is 2.37. The predicted octanol–water partition coefficient (Wildman–Crippen LogP) is 4.81. The summed E-state index contributed by atoms with van der Waals surface area (Å²) in [5.74, 6) is 6.87. The first-order valence-corrected chi connectivity index (χ1v) is 10.4. The van der Waals surface area contributed by atoms with E-state index >= 15 is 0 Å². The molecular weight excluding hydrogens is 290 g/mol.